The number of nitrogens with one attached hydrogen (secondary N) is 1. The first-order valence-electron chi connectivity index (χ1n) is 9.44. The van der Waals surface area contributed by atoms with Crippen molar-refractivity contribution in [2.24, 2.45) is 0 Å². The van der Waals surface area contributed by atoms with Crippen LogP contribution in [0.1, 0.15) is 28.7 Å². The molecule has 0 bridgehead atoms. The summed E-state index contributed by atoms with van der Waals surface area (Å²) in [6.45, 7) is 1.52. The molecule has 144 valence electrons. The van der Waals surface area contributed by atoms with Crippen molar-refractivity contribution in [1.82, 2.24) is 5.32 Å². The molecule has 0 aliphatic carbocycles. The van der Waals surface area contributed by atoms with Crippen LogP contribution in [0.5, 0.6) is 5.75 Å². The Labute approximate surface area is 165 Å². The van der Waals surface area contributed by atoms with Gasteiger partial charge in [-0.05, 0) is 34.7 Å². The van der Waals surface area contributed by atoms with E-state index in [-0.39, 0.29) is 11.7 Å². The van der Waals surface area contributed by atoms with Crippen LogP contribution in [0.15, 0.2) is 78.9 Å². The van der Waals surface area contributed by atoms with Gasteiger partial charge in [0.1, 0.15) is 5.75 Å². The number of carbonyl (C=O) groups is 1. The Bertz CT molecular complexity index is 893. The maximum absolute atomic E-state index is 12.2. The van der Waals surface area contributed by atoms with Crippen LogP contribution in [-0.2, 0) is 35.7 Å². The molecule has 0 heterocycles. The Morgan fingerprint density at radius 1 is 0.786 bits per heavy atom. The monoisotopic (exact) mass is 375 g/mol. The van der Waals surface area contributed by atoms with Crippen molar-refractivity contribution in [3.63, 3.8) is 0 Å². The summed E-state index contributed by atoms with van der Waals surface area (Å²) in [4.78, 5) is 12.2. The Morgan fingerprint density at radius 2 is 1.43 bits per heavy atom. The summed E-state index contributed by atoms with van der Waals surface area (Å²) in [6.07, 6.45) is 0.852. The highest BCUT2D eigenvalue weighted by Gasteiger charge is 2.07. The molecule has 0 aliphatic heterocycles. The highest BCUT2D eigenvalue weighted by Crippen LogP contribution is 2.17. The average Bonchev–Trinajstić information content (AvgIpc) is 2.73. The van der Waals surface area contributed by atoms with E-state index in [1.165, 1.54) is 0 Å². The zero-order valence-corrected chi connectivity index (χ0v) is 15.8. The second kappa shape index (κ2) is 10.3. The molecule has 0 aliphatic rings. The van der Waals surface area contributed by atoms with Crippen molar-refractivity contribution in [1.29, 1.82) is 0 Å². The first kappa shape index (κ1) is 19.6. The molecule has 0 saturated carbocycles. The highest BCUT2D eigenvalue weighted by atomic mass is 16.5. The molecule has 0 spiro atoms. The SMILES string of the molecule is O=C(CCc1ccccc1O)NCc1ccccc1COCc1ccccc1. The minimum Gasteiger partial charge on any atom is -0.508 e. The fourth-order valence-corrected chi connectivity index (χ4v) is 2.98. The fourth-order valence-electron chi connectivity index (χ4n) is 2.98. The van der Waals surface area contributed by atoms with Gasteiger partial charge in [-0.15, -0.1) is 0 Å². The lowest BCUT2D eigenvalue weighted by Crippen LogP contribution is -2.23. The predicted octanol–water partition coefficient (Wildman–Crippen LogP) is 4.36. The minimum absolute atomic E-state index is 0.0386. The van der Waals surface area contributed by atoms with Crippen LogP contribution in [0.3, 0.4) is 0 Å². The van der Waals surface area contributed by atoms with E-state index < -0.39 is 0 Å². The van der Waals surface area contributed by atoms with Gasteiger partial charge in [0.05, 0.1) is 13.2 Å². The van der Waals surface area contributed by atoms with Gasteiger partial charge in [-0.1, -0.05) is 72.8 Å². The molecule has 0 atom stereocenters. The molecule has 0 fully saturated rings. The molecule has 2 N–H and O–H groups in total. The van der Waals surface area contributed by atoms with Crippen molar-refractivity contribution in [3.05, 3.63) is 101 Å². The number of aryl methyl sites for hydroxylation is 1. The summed E-state index contributed by atoms with van der Waals surface area (Å²) in [6, 6.07) is 25.1. The third kappa shape index (κ3) is 5.96. The molecule has 0 saturated heterocycles. The molecule has 0 radical (unpaired) electrons. The number of hydrogen-bond acceptors (Lipinski definition) is 3. The average molecular weight is 375 g/mol. The predicted molar refractivity (Wildman–Crippen MR) is 110 cm³/mol. The van der Waals surface area contributed by atoms with Crippen molar-refractivity contribution in [3.8, 4) is 5.75 Å². The van der Waals surface area contributed by atoms with Gasteiger partial charge in [0.15, 0.2) is 0 Å². The van der Waals surface area contributed by atoms with Gasteiger partial charge in [-0.2, -0.15) is 0 Å². The lowest BCUT2D eigenvalue weighted by molar-refractivity contribution is -0.121. The number of benzene rings is 3. The first-order chi connectivity index (χ1) is 13.7. The summed E-state index contributed by atoms with van der Waals surface area (Å²) >= 11 is 0. The first-order valence-corrected chi connectivity index (χ1v) is 9.44. The highest BCUT2D eigenvalue weighted by molar-refractivity contribution is 5.76. The number of rotatable bonds is 9. The number of hydrogen-bond donors (Lipinski definition) is 2. The molecule has 3 aromatic rings. The van der Waals surface area contributed by atoms with Gasteiger partial charge in [0, 0.05) is 13.0 Å². The van der Waals surface area contributed by atoms with Crippen LogP contribution < -0.4 is 5.32 Å². The molecule has 0 aromatic heterocycles. The van der Waals surface area contributed by atoms with Crippen LogP contribution in [0.25, 0.3) is 0 Å². The van der Waals surface area contributed by atoms with Crippen molar-refractivity contribution < 1.29 is 14.6 Å². The van der Waals surface area contributed by atoms with Crippen LogP contribution in [0, 0.1) is 0 Å². The number of ether oxygens (including phenoxy) is 1. The lowest BCUT2D eigenvalue weighted by Gasteiger charge is -2.12. The third-order valence-electron chi connectivity index (χ3n) is 4.58. The Morgan fingerprint density at radius 3 is 2.18 bits per heavy atom. The quantitative estimate of drug-likeness (QED) is 0.584. The molecular formula is C24H25NO3. The van der Waals surface area contributed by atoms with Crippen LogP contribution in [0.2, 0.25) is 0 Å². The van der Waals surface area contributed by atoms with Gasteiger partial charge < -0.3 is 15.2 Å². The second-order valence-corrected chi connectivity index (χ2v) is 6.65. The van der Waals surface area contributed by atoms with E-state index in [2.05, 4.69) is 5.32 Å². The molecule has 3 rings (SSSR count). The normalized spacial score (nSPS) is 10.6. The largest absolute Gasteiger partial charge is 0.508 e. The smallest absolute Gasteiger partial charge is 0.220 e. The van der Waals surface area contributed by atoms with E-state index in [0.717, 1.165) is 22.3 Å². The van der Waals surface area contributed by atoms with Gasteiger partial charge >= 0.3 is 0 Å². The van der Waals surface area contributed by atoms with E-state index in [1.807, 2.05) is 66.7 Å². The van der Waals surface area contributed by atoms with E-state index in [0.29, 0.717) is 32.6 Å². The van der Waals surface area contributed by atoms with E-state index in [1.54, 1.807) is 12.1 Å². The fraction of sp³-hybridized carbons (Fsp3) is 0.208. The van der Waals surface area contributed by atoms with Gasteiger partial charge in [0.2, 0.25) is 5.91 Å². The molecule has 28 heavy (non-hydrogen) atoms. The number of aromatic hydroxyl groups is 1. The number of carbonyl (C=O) groups excluding carboxylic acids is 1. The van der Waals surface area contributed by atoms with Crippen molar-refractivity contribution in [2.75, 3.05) is 0 Å². The Balaban J connectivity index is 1.47. The molecule has 3 aromatic carbocycles. The van der Waals surface area contributed by atoms with Crippen molar-refractivity contribution >= 4 is 5.91 Å². The lowest BCUT2D eigenvalue weighted by atomic mass is 10.1. The van der Waals surface area contributed by atoms with Crippen LogP contribution >= 0.6 is 0 Å². The van der Waals surface area contributed by atoms with Gasteiger partial charge in [-0.25, -0.2) is 0 Å². The summed E-state index contributed by atoms with van der Waals surface area (Å²) < 4.78 is 5.83. The zero-order valence-electron chi connectivity index (χ0n) is 15.8. The van der Waals surface area contributed by atoms with Crippen LogP contribution in [0.4, 0.5) is 0 Å². The van der Waals surface area contributed by atoms with Gasteiger partial charge in [0.25, 0.3) is 0 Å². The topological polar surface area (TPSA) is 58.6 Å². The maximum atomic E-state index is 12.2. The number of phenolic OH excluding ortho intramolecular Hbond substituents is 1. The second-order valence-electron chi connectivity index (χ2n) is 6.65. The molecular weight excluding hydrogens is 350 g/mol. The Kier molecular flexibility index (Phi) is 7.21. The van der Waals surface area contributed by atoms with E-state index in [9.17, 15) is 9.90 Å². The molecule has 0 unspecified atom stereocenters. The summed E-state index contributed by atoms with van der Waals surface area (Å²) in [5, 5.41) is 12.7. The summed E-state index contributed by atoms with van der Waals surface area (Å²) in [7, 11) is 0. The number of amides is 1. The molecule has 4 nitrogen and oxygen atoms in total. The van der Waals surface area contributed by atoms with Gasteiger partial charge in [-0.3, -0.25) is 4.79 Å². The number of phenols is 1. The Hall–Kier alpha value is -3.11. The van der Waals surface area contributed by atoms with E-state index in [4.69, 9.17) is 4.74 Å². The summed E-state index contributed by atoms with van der Waals surface area (Å²) in [5.74, 6) is 0.194. The zero-order chi connectivity index (χ0) is 19.6. The van der Waals surface area contributed by atoms with E-state index >= 15 is 0 Å². The summed E-state index contributed by atoms with van der Waals surface area (Å²) in [5.41, 5.74) is 4.04. The number of para-hydroxylation sites is 1. The van der Waals surface area contributed by atoms with Crippen LogP contribution in [-0.4, -0.2) is 11.0 Å². The third-order valence-corrected chi connectivity index (χ3v) is 4.58. The molecule has 1 amide bonds. The minimum atomic E-state index is -0.0386. The maximum Gasteiger partial charge on any atom is 0.220 e. The van der Waals surface area contributed by atoms with Crippen molar-refractivity contribution in [2.45, 2.75) is 32.6 Å². The standard InChI is InChI=1S/C24H25NO3/c26-23-13-7-6-10-20(23)14-15-24(27)25-16-21-11-4-5-12-22(21)18-28-17-19-8-2-1-3-9-19/h1-13,26H,14-18H2,(H,25,27). The molecule has 4 heteroatoms.